The number of benzene rings is 1. The first-order valence-electron chi connectivity index (χ1n) is 7.39. The van der Waals surface area contributed by atoms with E-state index in [1.807, 2.05) is 6.92 Å². The van der Waals surface area contributed by atoms with Gasteiger partial charge >= 0.3 is 0 Å². The summed E-state index contributed by atoms with van der Waals surface area (Å²) >= 11 is 0. The quantitative estimate of drug-likeness (QED) is 0.647. The molecule has 0 radical (unpaired) electrons. The second-order valence-corrected chi connectivity index (χ2v) is 7.56. The number of aromatic nitrogens is 1. The van der Waals surface area contributed by atoms with Crippen LogP contribution in [0.5, 0.6) is 0 Å². The normalized spacial score (nSPS) is 15.9. The van der Waals surface area contributed by atoms with Crippen LogP contribution in [0, 0.1) is 6.92 Å². The molecule has 1 fully saturated rings. The van der Waals surface area contributed by atoms with Gasteiger partial charge in [-0.2, -0.15) is 9.30 Å². The van der Waals surface area contributed by atoms with E-state index < -0.39 is 10.0 Å². The van der Waals surface area contributed by atoms with Crippen LogP contribution in [-0.4, -0.2) is 36.8 Å². The Bertz CT molecular complexity index is 882. The zero-order valence-corrected chi connectivity index (χ0v) is 13.7. The van der Waals surface area contributed by atoms with E-state index in [2.05, 4.69) is 9.98 Å². The van der Waals surface area contributed by atoms with Crippen LogP contribution in [0.1, 0.15) is 18.4 Å². The molecule has 8 heteroatoms. The van der Waals surface area contributed by atoms with E-state index in [1.165, 1.54) is 4.31 Å². The molecule has 1 aliphatic heterocycles. The second kappa shape index (κ2) is 5.78. The first kappa shape index (κ1) is 15.7. The minimum absolute atomic E-state index is 0.115. The molecule has 2 aromatic rings. The van der Waals surface area contributed by atoms with E-state index in [0.717, 1.165) is 23.8 Å². The average Bonchev–Trinajstić information content (AvgIpc) is 3.04. The van der Waals surface area contributed by atoms with Crippen LogP contribution in [0.25, 0.3) is 10.8 Å². The van der Waals surface area contributed by atoms with Gasteiger partial charge in [0, 0.05) is 24.7 Å². The van der Waals surface area contributed by atoms with E-state index in [9.17, 15) is 8.42 Å². The number of aryl methyl sites for hydroxylation is 1. The Kier molecular flexibility index (Phi) is 3.95. The highest BCUT2D eigenvalue weighted by atomic mass is 32.2. The van der Waals surface area contributed by atoms with Gasteiger partial charge in [0.05, 0.1) is 4.90 Å². The molecule has 122 valence electrons. The molecule has 0 bridgehead atoms. The number of hydrogen-bond donors (Lipinski definition) is 2. The van der Waals surface area contributed by atoms with Crippen molar-refractivity contribution in [1.29, 1.82) is 0 Å². The van der Waals surface area contributed by atoms with Gasteiger partial charge in [0.25, 0.3) is 0 Å². The summed E-state index contributed by atoms with van der Waals surface area (Å²) in [4.78, 5) is 8.46. The third-order valence-corrected chi connectivity index (χ3v) is 5.87. The number of rotatable bonds is 3. The Hall–Kier alpha value is -2.19. The summed E-state index contributed by atoms with van der Waals surface area (Å²) in [5, 5.41) is 1.50. The van der Waals surface area contributed by atoms with Gasteiger partial charge in [-0.25, -0.2) is 13.4 Å². The predicted molar refractivity (Wildman–Crippen MR) is 89.9 cm³/mol. The molecule has 1 aliphatic rings. The Labute approximate surface area is 135 Å². The van der Waals surface area contributed by atoms with Crippen molar-refractivity contribution in [2.24, 2.45) is 16.5 Å². The number of aliphatic imine (C=N–C) groups is 1. The summed E-state index contributed by atoms with van der Waals surface area (Å²) in [7, 11) is -3.49. The third kappa shape index (κ3) is 2.87. The Balaban J connectivity index is 2.19. The molecule has 4 N–H and O–H groups in total. The van der Waals surface area contributed by atoms with Gasteiger partial charge in [0.15, 0.2) is 11.8 Å². The molecular formula is C15H19N5O2S. The fourth-order valence-corrected chi connectivity index (χ4v) is 4.34. The molecule has 2 heterocycles. The van der Waals surface area contributed by atoms with E-state index in [-0.39, 0.29) is 10.9 Å². The van der Waals surface area contributed by atoms with Gasteiger partial charge in [-0.15, -0.1) is 0 Å². The summed E-state index contributed by atoms with van der Waals surface area (Å²) in [6, 6.07) is 5.01. The highest BCUT2D eigenvalue weighted by molar-refractivity contribution is 7.89. The molecule has 1 saturated heterocycles. The van der Waals surface area contributed by atoms with E-state index in [1.54, 1.807) is 24.4 Å². The first-order chi connectivity index (χ1) is 10.9. The molecule has 7 nitrogen and oxygen atoms in total. The SMILES string of the molecule is Cc1cnc(N=C(N)N)c2cc(S(=O)(=O)N3CCCC3)ccc12. The molecule has 1 aromatic carbocycles. The van der Waals surface area contributed by atoms with Crippen LogP contribution >= 0.6 is 0 Å². The number of nitrogens with zero attached hydrogens (tertiary/aromatic N) is 3. The monoisotopic (exact) mass is 333 g/mol. The molecule has 0 saturated carbocycles. The van der Waals surface area contributed by atoms with Crippen LogP contribution in [0.3, 0.4) is 0 Å². The van der Waals surface area contributed by atoms with Gasteiger partial charge in [0.1, 0.15) is 0 Å². The maximum atomic E-state index is 12.7. The van der Waals surface area contributed by atoms with Gasteiger partial charge in [-0.05, 0) is 42.8 Å². The fourth-order valence-electron chi connectivity index (χ4n) is 2.80. The molecule has 0 aliphatic carbocycles. The standard InChI is InChI=1S/C15H19N5O2S/c1-10-9-18-14(19-15(16)17)13-8-11(4-5-12(10)13)23(21,22)20-6-2-3-7-20/h4-5,8-9H,2-3,6-7H2,1H3,(H4,16,17,18,19). The van der Waals surface area contributed by atoms with Crippen LogP contribution in [0.4, 0.5) is 5.82 Å². The van der Waals surface area contributed by atoms with Crippen molar-refractivity contribution >= 4 is 32.6 Å². The minimum Gasteiger partial charge on any atom is -0.370 e. The number of pyridine rings is 1. The number of hydrogen-bond acceptors (Lipinski definition) is 4. The number of sulfonamides is 1. The molecule has 3 rings (SSSR count). The molecule has 23 heavy (non-hydrogen) atoms. The maximum Gasteiger partial charge on any atom is 0.243 e. The third-order valence-electron chi connectivity index (χ3n) is 3.98. The zero-order valence-electron chi connectivity index (χ0n) is 12.9. The number of guanidine groups is 1. The second-order valence-electron chi connectivity index (χ2n) is 5.62. The predicted octanol–water partition coefficient (Wildman–Crippen LogP) is 1.23. The topological polar surface area (TPSA) is 115 Å². The largest absolute Gasteiger partial charge is 0.370 e. The van der Waals surface area contributed by atoms with Crippen molar-refractivity contribution in [3.63, 3.8) is 0 Å². The summed E-state index contributed by atoms with van der Waals surface area (Å²) in [6.45, 7) is 3.03. The lowest BCUT2D eigenvalue weighted by Crippen LogP contribution is -2.27. The molecule has 0 unspecified atom stereocenters. The first-order valence-corrected chi connectivity index (χ1v) is 8.83. The van der Waals surface area contributed by atoms with Gasteiger partial charge in [-0.1, -0.05) is 6.07 Å². The van der Waals surface area contributed by atoms with Crippen molar-refractivity contribution in [3.05, 3.63) is 30.0 Å². The molecular weight excluding hydrogens is 314 g/mol. The highest BCUT2D eigenvalue weighted by Gasteiger charge is 2.27. The van der Waals surface area contributed by atoms with Crippen molar-refractivity contribution in [1.82, 2.24) is 9.29 Å². The van der Waals surface area contributed by atoms with Crippen LogP contribution < -0.4 is 11.5 Å². The van der Waals surface area contributed by atoms with Crippen LogP contribution in [-0.2, 0) is 10.0 Å². The Morgan fingerprint density at radius 3 is 2.57 bits per heavy atom. The van der Waals surface area contributed by atoms with E-state index in [4.69, 9.17) is 11.5 Å². The van der Waals surface area contributed by atoms with Crippen molar-refractivity contribution in [2.45, 2.75) is 24.7 Å². The summed E-state index contributed by atoms with van der Waals surface area (Å²) in [5.41, 5.74) is 11.8. The maximum absolute atomic E-state index is 12.7. The van der Waals surface area contributed by atoms with E-state index >= 15 is 0 Å². The van der Waals surface area contributed by atoms with Gasteiger partial charge in [-0.3, -0.25) is 0 Å². The fraction of sp³-hybridized carbons (Fsp3) is 0.333. The summed E-state index contributed by atoms with van der Waals surface area (Å²) in [5.74, 6) is 0.208. The van der Waals surface area contributed by atoms with Crippen LogP contribution in [0.15, 0.2) is 34.3 Å². The van der Waals surface area contributed by atoms with Crippen LogP contribution in [0.2, 0.25) is 0 Å². The van der Waals surface area contributed by atoms with Crippen molar-refractivity contribution in [3.8, 4) is 0 Å². The summed E-state index contributed by atoms with van der Waals surface area (Å²) < 4.78 is 26.9. The van der Waals surface area contributed by atoms with Crippen molar-refractivity contribution in [2.75, 3.05) is 13.1 Å². The molecule has 0 spiro atoms. The lowest BCUT2D eigenvalue weighted by molar-refractivity contribution is 0.477. The lowest BCUT2D eigenvalue weighted by atomic mass is 10.1. The smallest absolute Gasteiger partial charge is 0.243 e. The number of fused-ring (bicyclic) bond motifs is 1. The van der Waals surface area contributed by atoms with Crippen molar-refractivity contribution < 1.29 is 8.42 Å². The Morgan fingerprint density at radius 1 is 1.22 bits per heavy atom. The lowest BCUT2D eigenvalue weighted by Gasteiger charge is -2.16. The molecule has 1 aromatic heterocycles. The number of nitrogens with two attached hydrogens (primary N) is 2. The molecule has 0 amide bonds. The highest BCUT2D eigenvalue weighted by Crippen LogP contribution is 2.30. The molecule has 0 atom stereocenters. The van der Waals surface area contributed by atoms with E-state index in [0.29, 0.717) is 24.3 Å². The Morgan fingerprint density at radius 2 is 1.91 bits per heavy atom. The minimum atomic E-state index is -3.49. The summed E-state index contributed by atoms with van der Waals surface area (Å²) in [6.07, 6.45) is 3.46. The van der Waals surface area contributed by atoms with Gasteiger partial charge < -0.3 is 11.5 Å². The zero-order chi connectivity index (χ0) is 16.6. The average molecular weight is 333 g/mol. The van der Waals surface area contributed by atoms with Gasteiger partial charge in [0.2, 0.25) is 10.0 Å².